The van der Waals surface area contributed by atoms with Gasteiger partial charge < -0.3 is 16.0 Å². The summed E-state index contributed by atoms with van der Waals surface area (Å²) in [5.74, 6) is -0.285. The van der Waals surface area contributed by atoms with Gasteiger partial charge in [0.2, 0.25) is 11.8 Å². The summed E-state index contributed by atoms with van der Waals surface area (Å²) in [7, 11) is 0. The molecule has 0 spiro atoms. The molecular weight excluding hydrogens is 218 g/mol. The standard InChI is InChI=1S/C12H21N3O2/c13-12(17)9-2-1-7-15(8-9)11(16)5-6-14-10-3-4-10/h9-10,14H,1-8H2,(H2,13,17). The predicted molar refractivity (Wildman–Crippen MR) is 64.1 cm³/mol. The van der Waals surface area contributed by atoms with Gasteiger partial charge in [-0.15, -0.1) is 0 Å². The lowest BCUT2D eigenvalue weighted by Gasteiger charge is -2.31. The molecule has 2 rings (SSSR count). The fourth-order valence-electron chi connectivity index (χ4n) is 2.26. The average molecular weight is 239 g/mol. The van der Waals surface area contributed by atoms with Crippen LogP contribution in [0.3, 0.4) is 0 Å². The average Bonchev–Trinajstić information content (AvgIpc) is 3.13. The van der Waals surface area contributed by atoms with Gasteiger partial charge in [0.1, 0.15) is 0 Å². The number of primary amides is 1. The van der Waals surface area contributed by atoms with Crippen molar-refractivity contribution >= 4 is 11.8 Å². The Labute approximate surface area is 102 Å². The van der Waals surface area contributed by atoms with Crippen molar-refractivity contribution in [3.8, 4) is 0 Å². The molecule has 0 aromatic carbocycles. The van der Waals surface area contributed by atoms with Crippen LogP contribution >= 0.6 is 0 Å². The van der Waals surface area contributed by atoms with Crippen molar-refractivity contribution in [3.05, 3.63) is 0 Å². The fraction of sp³-hybridized carbons (Fsp3) is 0.833. The van der Waals surface area contributed by atoms with Gasteiger partial charge in [0, 0.05) is 32.1 Å². The molecule has 2 amide bonds. The molecule has 0 bridgehead atoms. The van der Waals surface area contributed by atoms with E-state index in [1.807, 2.05) is 0 Å². The Hall–Kier alpha value is -1.10. The lowest BCUT2D eigenvalue weighted by molar-refractivity contribution is -0.134. The Kier molecular flexibility index (Phi) is 3.99. The molecule has 1 atom stereocenters. The van der Waals surface area contributed by atoms with Crippen molar-refractivity contribution < 1.29 is 9.59 Å². The monoisotopic (exact) mass is 239 g/mol. The van der Waals surface area contributed by atoms with Crippen molar-refractivity contribution in [1.82, 2.24) is 10.2 Å². The first-order valence-electron chi connectivity index (χ1n) is 6.47. The maximum absolute atomic E-state index is 11.9. The van der Waals surface area contributed by atoms with Crippen LogP contribution in [0.25, 0.3) is 0 Å². The fourth-order valence-corrected chi connectivity index (χ4v) is 2.26. The number of piperidine rings is 1. The summed E-state index contributed by atoms with van der Waals surface area (Å²) in [6, 6.07) is 0.641. The van der Waals surface area contributed by atoms with E-state index in [-0.39, 0.29) is 17.7 Å². The van der Waals surface area contributed by atoms with Crippen LogP contribution in [0.1, 0.15) is 32.1 Å². The third-order valence-corrected chi connectivity index (χ3v) is 3.53. The number of rotatable bonds is 5. The molecule has 1 aliphatic heterocycles. The van der Waals surface area contributed by atoms with E-state index in [1.54, 1.807) is 4.90 Å². The van der Waals surface area contributed by atoms with Crippen LogP contribution in [0, 0.1) is 5.92 Å². The van der Waals surface area contributed by atoms with E-state index < -0.39 is 0 Å². The summed E-state index contributed by atoms with van der Waals surface area (Å²) in [5.41, 5.74) is 5.29. The Morgan fingerprint density at radius 3 is 2.71 bits per heavy atom. The molecular formula is C12H21N3O2. The van der Waals surface area contributed by atoms with E-state index >= 15 is 0 Å². The largest absolute Gasteiger partial charge is 0.369 e. The number of carbonyl (C=O) groups excluding carboxylic acids is 2. The second kappa shape index (κ2) is 5.49. The van der Waals surface area contributed by atoms with Gasteiger partial charge in [0.25, 0.3) is 0 Å². The molecule has 0 aromatic heterocycles. The van der Waals surface area contributed by atoms with Crippen LogP contribution in [0.2, 0.25) is 0 Å². The molecule has 17 heavy (non-hydrogen) atoms. The van der Waals surface area contributed by atoms with Crippen molar-refractivity contribution in [2.75, 3.05) is 19.6 Å². The van der Waals surface area contributed by atoms with Crippen molar-refractivity contribution in [2.24, 2.45) is 11.7 Å². The van der Waals surface area contributed by atoms with Gasteiger partial charge >= 0.3 is 0 Å². The number of carbonyl (C=O) groups is 2. The minimum absolute atomic E-state index is 0.143. The zero-order valence-electron chi connectivity index (χ0n) is 10.2. The highest BCUT2D eigenvalue weighted by molar-refractivity contribution is 5.80. The van der Waals surface area contributed by atoms with Gasteiger partial charge in [-0.3, -0.25) is 9.59 Å². The Balaban J connectivity index is 1.71. The summed E-state index contributed by atoms with van der Waals surface area (Å²) >= 11 is 0. The summed E-state index contributed by atoms with van der Waals surface area (Å²) in [5, 5.41) is 3.32. The van der Waals surface area contributed by atoms with E-state index in [0.29, 0.717) is 19.0 Å². The number of nitrogens with one attached hydrogen (secondary N) is 1. The Bertz CT molecular complexity index is 302. The van der Waals surface area contributed by atoms with Gasteiger partial charge in [0.15, 0.2) is 0 Å². The van der Waals surface area contributed by atoms with E-state index in [0.717, 1.165) is 25.9 Å². The highest BCUT2D eigenvalue weighted by Crippen LogP contribution is 2.19. The van der Waals surface area contributed by atoms with E-state index in [9.17, 15) is 9.59 Å². The highest BCUT2D eigenvalue weighted by Gasteiger charge is 2.27. The van der Waals surface area contributed by atoms with E-state index in [2.05, 4.69) is 5.32 Å². The van der Waals surface area contributed by atoms with E-state index in [1.165, 1.54) is 12.8 Å². The summed E-state index contributed by atoms with van der Waals surface area (Å²) in [6.45, 7) is 2.03. The van der Waals surface area contributed by atoms with Gasteiger partial charge in [-0.1, -0.05) is 0 Å². The normalized spacial score (nSPS) is 24.7. The van der Waals surface area contributed by atoms with Gasteiger partial charge in [-0.2, -0.15) is 0 Å². The van der Waals surface area contributed by atoms with E-state index in [4.69, 9.17) is 5.73 Å². The van der Waals surface area contributed by atoms with Crippen LogP contribution in [-0.4, -0.2) is 42.4 Å². The quantitative estimate of drug-likeness (QED) is 0.700. The van der Waals surface area contributed by atoms with Crippen molar-refractivity contribution in [1.29, 1.82) is 0 Å². The molecule has 2 fully saturated rings. The minimum atomic E-state index is -0.279. The molecule has 0 radical (unpaired) electrons. The molecule has 3 N–H and O–H groups in total. The van der Waals surface area contributed by atoms with Gasteiger partial charge in [-0.05, 0) is 25.7 Å². The number of nitrogens with zero attached hydrogens (tertiary/aromatic N) is 1. The van der Waals surface area contributed by atoms with Crippen LogP contribution in [0.15, 0.2) is 0 Å². The zero-order chi connectivity index (χ0) is 12.3. The lowest BCUT2D eigenvalue weighted by Crippen LogP contribution is -2.44. The molecule has 1 saturated carbocycles. The molecule has 2 aliphatic rings. The zero-order valence-corrected chi connectivity index (χ0v) is 10.2. The Morgan fingerprint density at radius 2 is 2.06 bits per heavy atom. The van der Waals surface area contributed by atoms with Crippen molar-refractivity contribution in [3.63, 3.8) is 0 Å². The molecule has 1 saturated heterocycles. The molecule has 5 nitrogen and oxygen atoms in total. The number of nitrogens with two attached hydrogens (primary N) is 1. The minimum Gasteiger partial charge on any atom is -0.369 e. The van der Waals surface area contributed by atoms with Crippen LogP contribution < -0.4 is 11.1 Å². The molecule has 1 unspecified atom stereocenters. The first kappa shape index (κ1) is 12.4. The van der Waals surface area contributed by atoms with Crippen LogP contribution in [0.4, 0.5) is 0 Å². The maximum atomic E-state index is 11.9. The summed E-state index contributed by atoms with van der Waals surface area (Å²) < 4.78 is 0. The number of amides is 2. The van der Waals surface area contributed by atoms with Crippen molar-refractivity contribution in [2.45, 2.75) is 38.1 Å². The summed E-state index contributed by atoms with van der Waals surface area (Å²) in [4.78, 5) is 24.8. The topological polar surface area (TPSA) is 75.4 Å². The number of hydrogen-bond donors (Lipinski definition) is 2. The molecule has 5 heteroatoms. The number of likely N-dealkylation sites (tertiary alicyclic amines) is 1. The van der Waals surface area contributed by atoms with Gasteiger partial charge in [-0.25, -0.2) is 0 Å². The second-order valence-electron chi connectivity index (χ2n) is 5.06. The van der Waals surface area contributed by atoms with Crippen LogP contribution in [0.5, 0.6) is 0 Å². The van der Waals surface area contributed by atoms with Gasteiger partial charge in [0.05, 0.1) is 5.92 Å². The first-order chi connectivity index (χ1) is 8.16. The first-order valence-corrected chi connectivity index (χ1v) is 6.47. The third-order valence-electron chi connectivity index (χ3n) is 3.53. The molecule has 1 heterocycles. The second-order valence-corrected chi connectivity index (χ2v) is 5.06. The highest BCUT2D eigenvalue weighted by atomic mass is 16.2. The SMILES string of the molecule is NC(=O)C1CCCN(C(=O)CCNC2CC2)C1. The van der Waals surface area contributed by atoms with Crippen LogP contribution in [-0.2, 0) is 9.59 Å². The predicted octanol–water partition coefficient (Wildman–Crippen LogP) is -0.148. The Morgan fingerprint density at radius 1 is 1.29 bits per heavy atom. The molecule has 96 valence electrons. The lowest BCUT2D eigenvalue weighted by atomic mass is 9.97. The third kappa shape index (κ3) is 3.70. The number of hydrogen-bond acceptors (Lipinski definition) is 3. The summed E-state index contributed by atoms with van der Waals surface area (Å²) in [6.07, 6.45) is 4.71. The molecule has 0 aromatic rings. The maximum Gasteiger partial charge on any atom is 0.223 e. The smallest absolute Gasteiger partial charge is 0.223 e. The molecule has 1 aliphatic carbocycles.